The molecule has 0 bridgehead atoms. The summed E-state index contributed by atoms with van der Waals surface area (Å²) in [5.41, 5.74) is 3.29. The van der Waals surface area contributed by atoms with Crippen molar-refractivity contribution in [3.05, 3.63) is 65.5 Å². The van der Waals surface area contributed by atoms with Gasteiger partial charge in [-0.05, 0) is 61.6 Å². The molecule has 2 aromatic rings. The molecule has 2 fully saturated rings. The third kappa shape index (κ3) is 4.96. The average Bonchev–Trinajstić information content (AvgIpc) is 3.53. The maximum absolute atomic E-state index is 13.8. The third-order valence-corrected chi connectivity index (χ3v) is 6.12. The van der Waals surface area contributed by atoms with Crippen LogP contribution in [-0.2, 0) is 4.79 Å². The van der Waals surface area contributed by atoms with Gasteiger partial charge in [-0.2, -0.15) is 0 Å². The van der Waals surface area contributed by atoms with Crippen LogP contribution in [0.4, 0.5) is 10.1 Å². The molecule has 2 aromatic carbocycles. The Morgan fingerprint density at radius 3 is 2.66 bits per heavy atom. The van der Waals surface area contributed by atoms with Crippen LogP contribution in [0.25, 0.3) is 0 Å². The zero-order chi connectivity index (χ0) is 20.2. The Kier molecular flexibility index (Phi) is 6.14. The van der Waals surface area contributed by atoms with Gasteiger partial charge in [0.2, 0.25) is 5.91 Å². The molecule has 1 amide bonds. The molecule has 5 heteroatoms. The maximum atomic E-state index is 13.8. The predicted octanol–water partition coefficient (Wildman–Crippen LogP) is 3.57. The Morgan fingerprint density at radius 2 is 1.90 bits per heavy atom. The van der Waals surface area contributed by atoms with E-state index in [0.717, 1.165) is 45.6 Å². The van der Waals surface area contributed by atoms with Crippen molar-refractivity contribution in [2.45, 2.75) is 25.7 Å². The first-order chi connectivity index (χ1) is 14.1. The summed E-state index contributed by atoms with van der Waals surface area (Å²) in [5.74, 6) is -0.143. The van der Waals surface area contributed by atoms with Gasteiger partial charge in [0.15, 0.2) is 0 Å². The summed E-state index contributed by atoms with van der Waals surface area (Å²) in [7, 11) is 0. The number of aryl methyl sites for hydroxylation is 1. The van der Waals surface area contributed by atoms with Crippen LogP contribution in [0.2, 0.25) is 0 Å². The molecule has 2 aliphatic rings. The van der Waals surface area contributed by atoms with Crippen LogP contribution in [0, 0.1) is 18.7 Å². The number of rotatable bonds is 7. The lowest BCUT2D eigenvalue weighted by atomic mass is 10.1. The third-order valence-electron chi connectivity index (χ3n) is 6.12. The van der Waals surface area contributed by atoms with Gasteiger partial charge in [-0.15, -0.1) is 0 Å². The quantitative estimate of drug-likeness (QED) is 0.728. The minimum atomic E-state index is -0.197. The average molecular weight is 396 g/mol. The molecule has 29 heavy (non-hydrogen) atoms. The SMILES string of the molecule is Cc1cccc(N2CCN(CCCNC(=O)C3CC3c3ccccc3F)CC2)c1. The van der Waals surface area contributed by atoms with Crippen molar-refractivity contribution in [2.75, 3.05) is 44.2 Å². The molecule has 1 saturated heterocycles. The molecular weight excluding hydrogens is 365 g/mol. The summed E-state index contributed by atoms with van der Waals surface area (Å²) >= 11 is 0. The highest BCUT2D eigenvalue weighted by molar-refractivity contribution is 5.82. The Morgan fingerprint density at radius 1 is 1.10 bits per heavy atom. The van der Waals surface area contributed by atoms with Crippen molar-refractivity contribution < 1.29 is 9.18 Å². The van der Waals surface area contributed by atoms with E-state index < -0.39 is 0 Å². The molecule has 1 aliphatic heterocycles. The number of piperazine rings is 1. The minimum absolute atomic E-state index is 0.0471. The Balaban J connectivity index is 1.13. The van der Waals surface area contributed by atoms with E-state index in [1.807, 2.05) is 6.07 Å². The van der Waals surface area contributed by atoms with Crippen molar-refractivity contribution in [3.8, 4) is 0 Å². The number of carbonyl (C=O) groups excluding carboxylic acids is 1. The van der Waals surface area contributed by atoms with Gasteiger partial charge in [-0.25, -0.2) is 4.39 Å². The first-order valence-electron chi connectivity index (χ1n) is 10.7. The molecule has 1 N–H and O–H groups in total. The second-order valence-corrected chi connectivity index (χ2v) is 8.28. The topological polar surface area (TPSA) is 35.6 Å². The van der Waals surface area contributed by atoms with Gasteiger partial charge in [0.05, 0.1) is 0 Å². The van der Waals surface area contributed by atoms with Crippen LogP contribution in [0.5, 0.6) is 0 Å². The van der Waals surface area contributed by atoms with Crippen LogP contribution in [0.3, 0.4) is 0 Å². The van der Waals surface area contributed by atoms with Crippen LogP contribution in [-0.4, -0.2) is 50.1 Å². The second-order valence-electron chi connectivity index (χ2n) is 8.28. The fraction of sp³-hybridized carbons (Fsp3) is 0.458. The zero-order valence-corrected chi connectivity index (χ0v) is 17.1. The van der Waals surface area contributed by atoms with E-state index in [1.54, 1.807) is 12.1 Å². The molecule has 0 spiro atoms. The summed E-state index contributed by atoms with van der Waals surface area (Å²) < 4.78 is 13.8. The van der Waals surface area contributed by atoms with Gasteiger partial charge in [-0.1, -0.05) is 30.3 Å². The highest BCUT2D eigenvalue weighted by atomic mass is 19.1. The molecule has 1 aliphatic carbocycles. The van der Waals surface area contributed by atoms with Gasteiger partial charge >= 0.3 is 0 Å². The van der Waals surface area contributed by atoms with Gasteiger partial charge < -0.3 is 10.2 Å². The van der Waals surface area contributed by atoms with Gasteiger partial charge in [0, 0.05) is 44.3 Å². The lowest BCUT2D eigenvalue weighted by molar-refractivity contribution is -0.122. The zero-order valence-electron chi connectivity index (χ0n) is 17.1. The number of carbonyl (C=O) groups is 1. The van der Waals surface area contributed by atoms with Crippen LogP contribution in [0.1, 0.15) is 29.9 Å². The van der Waals surface area contributed by atoms with E-state index in [9.17, 15) is 9.18 Å². The molecule has 0 radical (unpaired) electrons. The highest BCUT2D eigenvalue weighted by Crippen LogP contribution is 2.48. The molecule has 1 saturated carbocycles. The van der Waals surface area contributed by atoms with Gasteiger partial charge in [0.1, 0.15) is 5.82 Å². The van der Waals surface area contributed by atoms with E-state index in [0.29, 0.717) is 12.1 Å². The predicted molar refractivity (Wildman–Crippen MR) is 115 cm³/mol. The van der Waals surface area contributed by atoms with Crippen LogP contribution in [0.15, 0.2) is 48.5 Å². The number of anilines is 1. The fourth-order valence-electron chi connectivity index (χ4n) is 4.30. The monoisotopic (exact) mass is 395 g/mol. The number of halogens is 1. The van der Waals surface area contributed by atoms with Crippen molar-refractivity contribution in [1.29, 1.82) is 0 Å². The summed E-state index contributed by atoms with van der Waals surface area (Å²) in [6.45, 7) is 8.03. The van der Waals surface area contributed by atoms with E-state index in [2.05, 4.69) is 46.3 Å². The fourth-order valence-corrected chi connectivity index (χ4v) is 4.30. The number of amides is 1. The molecule has 4 nitrogen and oxygen atoms in total. The molecule has 2 unspecified atom stereocenters. The molecule has 0 aromatic heterocycles. The number of hydrogen-bond acceptors (Lipinski definition) is 3. The van der Waals surface area contributed by atoms with Crippen molar-refractivity contribution in [2.24, 2.45) is 5.92 Å². The lowest BCUT2D eigenvalue weighted by Crippen LogP contribution is -2.47. The molecule has 1 heterocycles. The van der Waals surface area contributed by atoms with E-state index in [4.69, 9.17) is 0 Å². The summed E-state index contributed by atoms with van der Waals surface area (Å²) in [5, 5.41) is 3.05. The maximum Gasteiger partial charge on any atom is 0.223 e. The minimum Gasteiger partial charge on any atom is -0.369 e. The smallest absolute Gasteiger partial charge is 0.223 e. The normalized spacial score (nSPS) is 21.8. The molecule has 2 atom stereocenters. The number of nitrogens with one attached hydrogen (secondary N) is 1. The molecule has 4 rings (SSSR count). The van der Waals surface area contributed by atoms with E-state index >= 15 is 0 Å². The number of nitrogens with zero attached hydrogens (tertiary/aromatic N) is 2. The first-order valence-corrected chi connectivity index (χ1v) is 10.7. The summed E-state index contributed by atoms with van der Waals surface area (Å²) in [6, 6.07) is 15.5. The summed E-state index contributed by atoms with van der Waals surface area (Å²) in [4.78, 5) is 17.2. The standard InChI is InChI=1S/C24H30FN3O/c1-18-6-4-7-19(16-18)28-14-12-27(13-15-28)11-5-10-26-24(29)22-17-21(22)20-8-2-3-9-23(20)25/h2-4,6-9,16,21-22H,5,10-15,17H2,1H3,(H,26,29). The summed E-state index contributed by atoms with van der Waals surface area (Å²) in [6.07, 6.45) is 1.71. The van der Waals surface area contributed by atoms with Gasteiger partial charge in [-0.3, -0.25) is 9.69 Å². The van der Waals surface area contributed by atoms with Crippen LogP contribution >= 0.6 is 0 Å². The van der Waals surface area contributed by atoms with Crippen LogP contribution < -0.4 is 10.2 Å². The van der Waals surface area contributed by atoms with E-state index in [-0.39, 0.29) is 23.6 Å². The number of benzene rings is 2. The second kappa shape index (κ2) is 8.95. The largest absolute Gasteiger partial charge is 0.369 e. The van der Waals surface area contributed by atoms with Crippen molar-refractivity contribution in [1.82, 2.24) is 10.2 Å². The molecular formula is C24H30FN3O. The highest BCUT2D eigenvalue weighted by Gasteiger charge is 2.44. The first kappa shape index (κ1) is 19.9. The Bertz CT molecular complexity index is 848. The lowest BCUT2D eigenvalue weighted by Gasteiger charge is -2.36. The van der Waals surface area contributed by atoms with E-state index in [1.165, 1.54) is 17.3 Å². The number of hydrogen-bond donors (Lipinski definition) is 1. The van der Waals surface area contributed by atoms with Crippen molar-refractivity contribution >= 4 is 11.6 Å². The molecule has 154 valence electrons. The van der Waals surface area contributed by atoms with Gasteiger partial charge in [0.25, 0.3) is 0 Å². The Hall–Kier alpha value is -2.40. The Labute approximate surface area is 172 Å². The van der Waals surface area contributed by atoms with Crippen molar-refractivity contribution in [3.63, 3.8) is 0 Å².